The number of nitrogens with zero attached hydrogens (tertiary/aromatic N) is 4. The van der Waals surface area contributed by atoms with E-state index < -0.39 is 11.0 Å². The third kappa shape index (κ3) is 4.58. The lowest BCUT2D eigenvalue weighted by Gasteiger charge is -2.22. The first-order valence-corrected chi connectivity index (χ1v) is 10.7. The minimum Gasteiger partial charge on any atom is -0.350 e. The zero-order valence-corrected chi connectivity index (χ0v) is 17.2. The minimum atomic E-state index is -0.579. The molecule has 1 aromatic heterocycles. The molecule has 158 valence electrons. The molecule has 31 heavy (non-hydrogen) atoms. The number of thioether (sulfide) groups is 1. The second-order valence-corrected chi connectivity index (χ2v) is 7.92. The van der Waals surface area contributed by atoms with Crippen molar-refractivity contribution in [2.24, 2.45) is 0 Å². The second-order valence-electron chi connectivity index (χ2n) is 6.92. The van der Waals surface area contributed by atoms with Gasteiger partial charge >= 0.3 is 0 Å². The summed E-state index contributed by atoms with van der Waals surface area (Å²) in [5, 5.41) is 18.2. The van der Waals surface area contributed by atoms with Gasteiger partial charge in [-0.2, -0.15) is 5.10 Å². The third-order valence-electron chi connectivity index (χ3n) is 4.87. The molecule has 1 aliphatic heterocycles. The van der Waals surface area contributed by atoms with Gasteiger partial charge in [0.25, 0.3) is 11.6 Å². The fraction of sp³-hybridized carbons (Fsp3) is 0.190. The van der Waals surface area contributed by atoms with Crippen LogP contribution in [0.3, 0.4) is 0 Å². The number of amides is 2. The number of nitro groups is 1. The summed E-state index contributed by atoms with van der Waals surface area (Å²) < 4.78 is 1.41. The molecule has 1 unspecified atom stereocenters. The largest absolute Gasteiger partial charge is 0.350 e. The number of aromatic nitrogens is 2. The van der Waals surface area contributed by atoms with Crippen LogP contribution in [-0.2, 0) is 11.3 Å². The summed E-state index contributed by atoms with van der Waals surface area (Å²) in [7, 11) is 0. The van der Waals surface area contributed by atoms with Gasteiger partial charge in [0.1, 0.15) is 6.04 Å². The summed E-state index contributed by atoms with van der Waals surface area (Å²) in [5.41, 5.74) is 1.57. The van der Waals surface area contributed by atoms with Crippen LogP contribution in [0.15, 0.2) is 66.9 Å². The number of rotatable bonds is 6. The van der Waals surface area contributed by atoms with Gasteiger partial charge in [-0.15, -0.1) is 11.8 Å². The van der Waals surface area contributed by atoms with Crippen molar-refractivity contribution in [2.45, 2.75) is 12.6 Å². The zero-order chi connectivity index (χ0) is 21.8. The van der Waals surface area contributed by atoms with Gasteiger partial charge in [0, 0.05) is 30.6 Å². The quantitative estimate of drug-likeness (QED) is 0.469. The van der Waals surface area contributed by atoms with Crippen LogP contribution in [0.4, 0.5) is 5.69 Å². The van der Waals surface area contributed by atoms with Gasteiger partial charge in [-0.3, -0.25) is 19.7 Å². The van der Waals surface area contributed by atoms with Crippen LogP contribution >= 0.6 is 11.8 Å². The van der Waals surface area contributed by atoms with E-state index in [1.54, 1.807) is 24.4 Å². The highest BCUT2D eigenvalue weighted by Gasteiger charge is 2.35. The highest BCUT2D eigenvalue weighted by atomic mass is 32.2. The minimum absolute atomic E-state index is 0.0630. The summed E-state index contributed by atoms with van der Waals surface area (Å²) >= 11 is 1.51. The van der Waals surface area contributed by atoms with E-state index in [0.717, 1.165) is 5.56 Å². The van der Waals surface area contributed by atoms with Crippen LogP contribution in [-0.4, -0.2) is 49.1 Å². The van der Waals surface area contributed by atoms with Gasteiger partial charge < -0.3 is 10.2 Å². The molecule has 0 saturated carbocycles. The number of hydrogen-bond donors (Lipinski definition) is 1. The maximum atomic E-state index is 13.0. The molecule has 1 saturated heterocycles. The Labute approximate surface area is 182 Å². The van der Waals surface area contributed by atoms with Crippen molar-refractivity contribution < 1.29 is 14.5 Å². The predicted octanol–water partition coefficient (Wildman–Crippen LogP) is 2.61. The smallest absolute Gasteiger partial charge is 0.275 e. The number of nitro benzene ring substituents is 1. The summed E-state index contributed by atoms with van der Waals surface area (Å²) in [6, 6.07) is 16.5. The Morgan fingerprint density at radius 2 is 1.97 bits per heavy atom. The van der Waals surface area contributed by atoms with Crippen LogP contribution < -0.4 is 5.32 Å². The van der Waals surface area contributed by atoms with Crippen molar-refractivity contribution >= 4 is 29.3 Å². The SMILES string of the molecule is O=C(NCc1ccccc1)C1CSCN1C(=O)c1ccn(-c2cccc([N+](=O)[O-])c2)n1. The molecule has 0 aliphatic carbocycles. The van der Waals surface area contributed by atoms with E-state index >= 15 is 0 Å². The highest BCUT2D eigenvalue weighted by molar-refractivity contribution is 7.99. The molecule has 0 bridgehead atoms. The molecule has 1 aliphatic rings. The van der Waals surface area contributed by atoms with Crippen molar-refractivity contribution in [2.75, 3.05) is 11.6 Å². The molecular weight excluding hydrogens is 418 g/mol. The molecular formula is C21H19N5O4S. The summed E-state index contributed by atoms with van der Waals surface area (Å²) in [6.07, 6.45) is 1.57. The van der Waals surface area contributed by atoms with Crippen LogP contribution in [0.1, 0.15) is 16.1 Å². The third-order valence-corrected chi connectivity index (χ3v) is 5.88. The predicted molar refractivity (Wildman–Crippen MR) is 116 cm³/mol. The maximum Gasteiger partial charge on any atom is 0.275 e. The molecule has 1 N–H and O–H groups in total. The number of benzene rings is 2. The molecule has 4 rings (SSSR count). The van der Waals surface area contributed by atoms with E-state index in [2.05, 4.69) is 10.4 Å². The number of carbonyl (C=O) groups is 2. The van der Waals surface area contributed by atoms with E-state index in [0.29, 0.717) is 23.9 Å². The first-order valence-electron chi connectivity index (χ1n) is 9.54. The van der Waals surface area contributed by atoms with Gasteiger partial charge in [0.2, 0.25) is 5.91 Å². The Morgan fingerprint density at radius 3 is 2.74 bits per heavy atom. The van der Waals surface area contributed by atoms with E-state index in [4.69, 9.17) is 0 Å². The molecule has 10 heteroatoms. The molecule has 1 atom stereocenters. The average Bonchev–Trinajstić information content (AvgIpc) is 3.48. The van der Waals surface area contributed by atoms with Crippen LogP contribution in [0.5, 0.6) is 0 Å². The van der Waals surface area contributed by atoms with Gasteiger partial charge in [-0.05, 0) is 17.7 Å². The van der Waals surface area contributed by atoms with Crippen LogP contribution in [0.2, 0.25) is 0 Å². The van der Waals surface area contributed by atoms with Crippen molar-refractivity contribution in [3.63, 3.8) is 0 Å². The lowest BCUT2D eigenvalue weighted by atomic mass is 10.2. The van der Waals surface area contributed by atoms with Crippen molar-refractivity contribution in [3.8, 4) is 5.69 Å². The monoisotopic (exact) mass is 437 g/mol. The fourth-order valence-electron chi connectivity index (χ4n) is 3.24. The van der Waals surface area contributed by atoms with E-state index in [1.165, 1.54) is 33.5 Å². The highest BCUT2D eigenvalue weighted by Crippen LogP contribution is 2.24. The number of hydrogen-bond acceptors (Lipinski definition) is 6. The van der Waals surface area contributed by atoms with Gasteiger partial charge in [0.05, 0.1) is 16.5 Å². The first-order chi connectivity index (χ1) is 15.0. The standard InChI is InChI=1S/C21H19N5O4S/c27-20(22-12-15-5-2-1-3-6-15)19-13-31-14-24(19)21(28)18-9-10-25(23-18)16-7-4-8-17(11-16)26(29)30/h1-11,19H,12-14H2,(H,22,27). The van der Waals surface area contributed by atoms with E-state index in [9.17, 15) is 19.7 Å². The van der Waals surface area contributed by atoms with Crippen LogP contribution in [0.25, 0.3) is 5.69 Å². The summed E-state index contributed by atoms with van der Waals surface area (Å²) in [4.78, 5) is 37.7. The molecule has 2 heterocycles. The molecule has 1 fully saturated rings. The van der Waals surface area contributed by atoms with Crippen molar-refractivity contribution in [1.29, 1.82) is 0 Å². The van der Waals surface area contributed by atoms with Gasteiger partial charge in [0.15, 0.2) is 5.69 Å². The molecule has 2 aromatic carbocycles. The summed E-state index contributed by atoms with van der Waals surface area (Å²) in [6.45, 7) is 0.393. The van der Waals surface area contributed by atoms with Crippen LogP contribution in [0, 0.1) is 10.1 Å². The Hall–Kier alpha value is -3.66. The Kier molecular flexibility index (Phi) is 5.99. The Morgan fingerprint density at radius 1 is 1.16 bits per heavy atom. The lowest BCUT2D eigenvalue weighted by molar-refractivity contribution is -0.384. The lowest BCUT2D eigenvalue weighted by Crippen LogP contribution is -2.47. The van der Waals surface area contributed by atoms with Crippen molar-refractivity contribution in [1.82, 2.24) is 20.0 Å². The number of carbonyl (C=O) groups excluding carboxylic acids is 2. The number of nitrogens with one attached hydrogen (secondary N) is 1. The Balaban J connectivity index is 1.45. The maximum absolute atomic E-state index is 13.0. The molecule has 2 amide bonds. The Bertz CT molecular complexity index is 1120. The summed E-state index contributed by atoms with van der Waals surface area (Å²) in [5.74, 6) is 0.346. The van der Waals surface area contributed by atoms with E-state index in [1.807, 2.05) is 30.3 Å². The topological polar surface area (TPSA) is 110 Å². The normalized spacial score (nSPS) is 15.6. The molecule has 3 aromatic rings. The first kappa shape index (κ1) is 20.6. The van der Waals surface area contributed by atoms with Crippen molar-refractivity contribution in [3.05, 3.63) is 88.2 Å². The second kappa shape index (κ2) is 9.00. The number of non-ortho nitro benzene ring substituents is 1. The molecule has 9 nitrogen and oxygen atoms in total. The molecule has 0 spiro atoms. The zero-order valence-electron chi connectivity index (χ0n) is 16.4. The van der Waals surface area contributed by atoms with Gasteiger partial charge in [-0.1, -0.05) is 36.4 Å². The average molecular weight is 437 g/mol. The van der Waals surface area contributed by atoms with Gasteiger partial charge in [-0.25, -0.2) is 4.68 Å². The fourth-order valence-corrected chi connectivity index (χ4v) is 4.39. The van der Waals surface area contributed by atoms with E-state index in [-0.39, 0.29) is 23.2 Å². The molecule has 0 radical (unpaired) electrons.